The van der Waals surface area contributed by atoms with Gasteiger partial charge in [0.1, 0.15) is 11.4 Å². The maximum atomic E-state index is 12.0. The Hall–Kier alpha value is -2.72. The molecule has 0 aliphatic rings. The van der Waals surface area contributed by atoms with Gasteiger partial charge in [0.2, 0.25) is 0 Å². The number of carbonyl (C=O) groups is 1. The summed E-state index contributed by atoms with van der Waals surface area (Å²) in [7, 11) is 0. The predicted octanol–water partition coefficient (Wildman–Crippen LogP) is 5.72. The molecule has 0 N–H and O–H groups in total. The van der Waals surface area contributed by atoms with E-state index in [9.17, 15) is 4.79 Å². The van der Waals surface area contributed by atoms with E-state index in [1.54, 1.807) is 11.3 Å². The van der Waals surface area contributed by atoms with Gasteiger partial charge in [-0.3, -0.25) is 9.20 Å². The first kappa shape index (κ1) is 16.7. The molecule has 0 aliphatic heterocycles. The molecule has 4 heteroatoms. The minimum Gasteiger partial charge on any atom is -0.296 e. The second kappa shape index (κ2) is 6.54. The van der Waals surface area contributed by atoms with E-state index < -0.39 is 0 Å². The molecular formula is C22H20N2OS. The average molecular weight is 360 g/mol. The van der Waals surface area contributed by atoms with Crippen LogP contribution in [0.3, 0.4) is 0 Å². The third-order valence-electron chi connectivity index (χ3n) is 4.84. The summed E-state index contributed by atoms with van der Waals surface area (Å²) >= 11 is 1.67. The minimum absolute atomic E-state index is 0.621. The molecule has 130 valence electrons. The van der Waals surface area contributed by atoms with Gasteiger partial charge in [-0.05, 0) is 43.0 Å². The number of thiazole rings is 1. The molecule has 2 aromatic heterocycles. The number of rotatable bonds is 4. The molecule has 26 heavy (non-hydrogen) atoms. The van der Waals surface area contributed by atoms with Gasteiger partial charge in [-0.2, -0.15) is 0 Å². The molecule has 4 rings (SSSR count). The molecule has 4 aromatic rings. The summed E-state index contributed by atoms with van der Waals surface area (Å²) in [6, 6.07) is 16.4. The molecule has 0 saturated heterocycles. The molecule has 0 radical (unpaired) electrons. The van der Waals surface area contributed by atoms with E-state index in [-0.39, 0.29) is 0 Å². The lowest BCUT2D eigenvalue weighted by atomic mass is 10.0. The number of carbonyl (C=O) groups excluding carboxylic acids is 1. The number of aldehydes is 1. The summed E-state index contributed by atoms with van der Waals surface area (Å²) in [6.45, 7) is 6.39. The van der Waals surface area contributed by atoms with Crippen LogP contribution in [-0.4, -0.2) is 15.7 Å². The van der Waals surface area contributed by atoms with Crippen LogP contribution >= 0.6 is 11.3 Å². The smallest absolute Gasteiger partial charge is 0.195 e. The monoisotopic (exact) mass is 360 g/mol. The predicted molar refractivity (Wildman–Crippen MR) is 108 cm³/mol. The third kappa shape index (κ3) is 2.58. The fourth-order valence-corrected chi connectivity index (χ4v) is 4.40. The number of nitrogens with zero attached hydrogens (tertiary/aromatic N) is 2. The number of fused-ring (bicyclic) bond motifs is 1. The maximum Gasteiger partial charge on any atom is 0.195 e. The van der Waals surface area contributed by atoms with E-state index in [0.717, 1.165) is 40.2 Å². The van der Waals surface area contributed by atoms with E-state index in [1.807, 2.05) is 34.7 Å². The first-order chi connectivity index (χ1) is 12.6. The first-order valence-corrected chi connectivity index (χ1v) is 9.58. The molecule has 0 spiro atoms. The minimum atomic E-state index is 0.621. The van der Waals surface area contributed by atoms with E-state index in [4.69, 9.17) is 4.98 Å². The number of aryl methyl sites for hydroxylation is 3. The molecule has 0 atom stereocenters. The van der Waals surface area contributed by atoms with Crippen LogP contribution in [-0.2, 0) is 6.42 Å². The Morgan fingerprint density at radius 1 is 1.04 bits per heavy atom. The summed E-state index contributed by atoms with van der Waals surface area (Å²) in [5.74, 6) is 0. The lowest BCUT2D eigenvalue weighted by molar-refractivity contribution is 0.111. The standard InChI is InChI=1S/C22H20N2OS/c1-4-19-21(17-11-10-14(2)15(3)12-17)24-18(13-25)20(23-22(24)26-19)16-8-6-5-7-9-16/h5-13H,4H2,1-3H3. The fourth-order valence-electron chi connectivity index (χ4n) is 3.32. The molecule has 0 saturated carbocycles. The molecule has 3 nitrogen and oxygen atoms in total. The van der Waals surface area contributed by atoms with E-state index in [1.165, 1.54) is 16.0 Å². The van der Waals surface area contributed by atoms with Gasteiger partial charge < -0.3 is 0 Å². The van der Waals surface area contributed by atoms with Gasteiger partial charge in [-0.1, -0.05) is 49.4 Å². The van der Waals surface area contributed by atoms with Crippen molar-refractivity contribution in [2.24, 2.45) is 0 Å². The van der Waals surface area contributed by atoms with Crippen LogP contribution in [0.2, 0.25) is 0 Å². The Kier molecular flexibility index (Phi) is 4.21. The van der Waals surface area contributed by atoms with Crippen molar-refractivity contribution in [3.63, 3.8) is 0 Å². The number of imidazole rings is 1. The van der Waals surface area contributed by atoms with E-state index in [0.29, 0.717) is 5.69 Å². The van der Waals surface area contributed by atoms with Crippen molar-refractivity contribution in [3.05, 3.63) is 70.2 Å². The van der Waals surface area contributed by atoms with Crippen LogP contribution in [0.4, 0.5) is 0 Å². The van der Waals surface area contributed by atoms with Crippen molar-refractivity contribution in [2.45, 2.75) is 27.2 Å². The van der Waals surface area contributed by atoms with Crippen LogP contribution in [0.5, 0.6) is 0 Å². The molecule has 0 aliphatic carbocycles. The highest BCUT2D eigenvalue weighted by Crippen LogP contribution is 2.36. The number of benzene rings is 2. The zero-order valence-corrected chi connectivity index (χ0v) is 15.9. The highest BCUT2D eigenvalue weighted by molar-refractivity contribution is 7.17. The zero-order valence-electron chi connectivity index (χ0n) is 15.1. The second-order valence-electron chi connectivity index (χ2n) is 6.47. The van der Waals surface area contributed by atoms with E-state index >= 15 is 0 Å². The molecule has 0 unspecified atom stereocenters. The zero-order chi connectivity index (χ0) is 18.3. The van der Waals surface area contributed by atoms with Gasteiger partial charge in [-0.25, -0.2) is 4.98 Å². The van der Waals surface area contributed by atoms with E-state index in [2.05, 4.69) is 39.0 Å². The van der Waals surface area contributed by atoms with Crippen LogP contribution in [0.25, 0.3) is 27.5 Å². The quantitative estimate of drug-likeness (QED) is 0.436. The van der Waals surface area contributed by atoms with Crippen molar-refractivity contribution < 1.29 is 4.79 Å². The number of hydrogen-bond donors (Lipinski definition) is 0. The Morgan fingerprint density at radius 3 is 2.46 bits per heavy atom. The molecule has 0 bridgehead atoms. The van der Waals surface area contributed by atoms with Gasteiger partial charge in [0, 0.05) is 10.4 Å². The Labute approximate surface area is 157 Å². The van der Waals surface area contributed by atoms with Crippen LogP contribution in [0, 0.1) is 13.8 Å². The van der Waals surface area contributed by atoms with Crippen LogP contribution < -0.4 is 0 Å². The Balaban J connectivity index is 2.04. The summed E-state index contributed by atoms with van der Waals surface area (Å²) in [4.78, 5) is 18.9. The lowest BCUT2D eigenvalue weighted by Crippen LogP contribution is -1.97. The Morgan fingerprint density at radius 2 is 1.81 bits per heavy atom. The summed E-state index contributed by atoms with van der Waals surface area (Å²) in [5, 5.41) is 0. The highest BCUT2D eigenvalue weighted by Gasteiger charge is 2.21. The van der Waals surface area contributed by atoms with Crippen molar-refractivity contribution in [2.75, 3.05) is 0 Å². The van der Waals surface area contributed by atoms with Crippen LogP contribution in [0.1, 0.15) is 33.4 Å². The molecule has 0 amide bonds. The average Bonchev–Trinajstić information content (AvgIpc) is 3.20. The number of hydrogen-bond acceptors (Lipinski definition) is 3. The normalized spacial score (nSPS) is 11.2. The second-order valence-corrected chi connectivity index (χ2v) is 7.54. The van der Waals surface area contributed by atoms with Crippen molar-refractivity contribution in [3.8, 4) is 22.5 Å². The van der Waals surface area contributed by atoms with Gasteiger partial charge >= 0.3 is 0 Å². The van der Waals surface area contributed by atoms with Gasteiger partial charge in [-0.15, -0.1) is 11.3 Å². The summed E-state index contributed by atoms with van der Waals surface area (Å²) in [5.41, 5.74) is 7.08. The molecule has 2 heterocycles. The van der Waals surface area contributed by atoms with Crippen molar-refractivity contribution in [1.82, 2.24) is 9.38 Å². The molecular weight excluding hydrogens is 340 g/mol. The molecule has 2 aromatic carbocycles. The third-order valence-corrected chi connectivity index (χ3v) is 6.03. The first-order valence-electron chi connectivity index (χ1n) is 8.76. The maximum absolute atomic E-state index is 12.0. The number of aromatic nitrogens is 2. The van der Waals surface area contributed by atoms with Crippen molar-refractivity contribution in [1.29, 1.82) is 0 Å². The highest BCUT2D eigenvalue weighted by atomic mass is 32.1. The van der Waals surface area contributed by atoms with Crippen LogP contribution in [0.15, 0.2) is 48.5 Å². The topological polar surface area (TPSA) is 34.4 Å². The molecule has 0 fully saturated rings. The van der Waals surface area contributed by atoms with Gasteiger partial charge in [0.25, 0.3) is 0 Å². The summed E-state index contributed by atoms with van der Waals surface area (Å²) in [6.07, 6.45) is 1.84. The van der Waals surface area contributed by atoms with Gasteiger partial charge in [0.15, 0.2) is 11.2 Å². The van der Waals surface area contributed by atoms with Crippen molar-refractivity contribution >= 4 is 22.6 Å². The summed E-state index contributed by atoms with van der Waals surface area (Å²) < 4.78 is 2.03. The SMILES string of the molecule is CCc1sc2nc(-c3ccccc3)c(C=O)n2c1-c1ccc(C)c(C)c1. The lowest BCUT2D eigenvalue weighted by Gasteiger charge is -2.08. The van der Waals surface area contributed by atoms with Gasteiger partial charge in [0.05, 0.1) is 5.69 Å². The Bertz CT molecular complexity index is 1110. The largest absolute Gasteiger partial charge is 0.296 e. The fraction of sp³-hybridized carbons (Fsp3) is 0.182.